The first-order chi connectivity index (χ1) is 18.8. The molecule has 2 aliphatic heterocycles. The number of carbonyl (C=O) groups excluding carboxylic acids is 1. The van der Waals surface area contributed by atoms with Gasteiger partial charge in [-0.25, -0.2) is 14.8 Å². The van der Waals surface area contributed by atoms with Crippen LogP contribution in [0.25, 0.3) is 0 Å². The van der Waals surface area contributed by atoms with Crippen molar-refractivity contribution in [2.24, 2.45) is 0 Å². The molecule has 2 aromatic heterocycles. The van der Waals surface area contributed by atoms with E-state index in [1.807, 2.05) is 0 Å². The molecule has 0 spiro atoms. The number of piperidine rings is 2. The number of amides is 1. The summed E-state index contributed by atoms with van der Waals surface area (Å²) in [6.45, 7) is 6.77. The molecule has 0 aromatic carbocycles. The Balaban J connectivity index is 0.000000239. The summed E-state index contributed by atoms with van der Waals surface area (Å²) in [5, 5.41) is 24.0. The first kappa shape index (κ1) is 32.5. The molecule has 0 saturated carbocycles. The Morgan fingerprint density at radius 1 is 0.805 bits per heavy atom. The van der Waals surface area contributed by atoms with Crippen molar-refractivity contribution in [1.82, 2.24) is 20.2 Å². The number of hydrogen-bond donors (Lipinski definition) is 3. The van der Waals surface area contributed by atoms with Gasteiger partial charge in [-0.1, -0.05) is 12.1 Å². The molecule has 0 aliphatic carbocycles. The van der Waals surface area contributed by atoms with Crippen LogP contribution in [-0.2, 0) is 28.3 Å². The maximum atomic E-state index is 12.8. The Kier molecular flexibility index (Phi) is 9.60. The number of carbonyl (C=O) groups is 1. The summed E-state index contributed by atoms with van der Waals surface area (Å²) in [6, 6.07) is 7.10. The summed E-state index contributed by atoms with van der Waals surface area (Å²) < 4.78 is 81.1. The minimum absolute atomic E-state index is 0.0267. The van der Waals surface area contributed by atoms with E-state index in [1.165, 1.54) is 29.2 Å². The van der Waals surface area contributed by atoms with Crippen LogP contribution >= 0.6 is 0 Å². The number of ether oxygens (including phenoxy) is 1. The minimum atomic E-state index is -4.57. The standard InChI is InChI=1S/C16H21F3N2O3.C11H13F3N2O/c1-14(2,3)24-13(22)21-9-7-15(23,8-10-21)11-5-4-6-12(20-11)16(17,18)19;12-11(13,14)9-3-1-2-8(16-9)10(17)4-6-15-7-5-10/h4-6,23H,7-10H2,1-3H3;1-3,15,17H,4-7H2. The van der Waals surface area contributed by atoms with Crippen LogP contribution < -0.4 is 5.32 Å². The average Bonchev–Trinajstić information content (AvgIpc) is 2.88. The summed E-state index contributed by atoms with van der Waals surface area (Å²) in [5.41, 5.74) is -5.28. The largest absolute Gasteiger partial charge is 0.444 e. The van der Waals surface area contributed by atoms with Crippen LogP contribution in [0.15, 0.2) is 36.4 Å². The number of rotatable bonds is 2. The molecule has 2 saturated heterocycles. The molecule has 14 heteroatoms. The van der Waals surface area contributed by atoms with Crippen molar-refractivity contribution in [2.45, 2.75) is 75.6 Å². The van der Waals surface area contributed by atoms with Gasteiger partial charge in [0.15, 0.2) is 0 Å². The topological polar surface area (TPSA) is 108 Å². The number of hydrogen-bond acceptors (Lipinski definition) is 7. The maximum Gasteiger partial charge on any atom is 0.433 e. The van der Waals surface area contributed by atoms with E-state index in [9.17, 15) is 41.4 Å². The highest BCUT2D eigenvalue weighted by atomic mass is 19.4. The third-order valence-electron chi connectivity index (χ3n) is 6.71. The normalized spacial score (nSPS) is 19.1. The van der Waals surface area contributed by atoms with Gasteiger partial charge in [-0.05, 0) is 83.8 Å². The summed E-state index contributed by atoms with van der Waals surface area (Å²) in [4.78, 5) is 20.5. The maximum absolute atomic E-state index is 12.8. The predicted octanol–water partition coefficient (Wildman–Crippen LogP) is 4.99. The number of likely N-dealkylation sites (tertiary alicyclic amines) is 1. The molecule has 1 amide bonds. The molecule has 3 N–H and O–H groups in total. The van der Waals surface area contributed by atoms with Crippen LogP contribution in [0.3, 0.4) is 0 Å². The molecule has 0 radical (unpaired) electrons. The second-order valence-electron chi connectivity index (χ2n) is 11.1. The predicted molar refractivity (Wildman–Crippen MR) is 135 cm³/mol. The summed E-state index contributed by atoms with van der Waals surface area (Å²) in [7, 11) is 0. The minimum Gasteiger partial charge on any atom is -0.444 e. The fourth-order valence-corrected chi connectivity index (χ4v) is 4.44. The van der Waals surface area contributed by atoms with Gasteiger partial charge < -0.3 is 25.2 Å². The van der Waals surface area contributed by atoms with Crippen LogP contribution in [0.4, 0.5) is 31.1 Å². The lowest BCUT2D eigenvalue weighted by Gasteiger charge is -2.38. The molecule has 0 atom stereocenters. The Morgan fingerprint density at radius 3 is 1.61 bits per heavy atom. The Bertz CT molecular complexity index is 1190. The van der Waals surface area contributed by atoms with Gasteiger partial charge in [0.05, 0.1) is 11.4 Å². The van der Waals surface area contributed by atoms with Crippen LogP contribution in [0, 0.1) is 0 Å². The third kappa shape index (κ3) is 8.76. The van der Waals surface area contributed by atoms with Gasteiger partial charge in [0.2, 0.25) is 0 Å². The van der Waals surface area contributed by atoms with Crippen molar-refractivity contribution >= 4 is 6.09 Å². The van der Waals surface area contributed by atoms with Gasteiger partial charge in [0.1, 0.15) is 28.2 Å². The quantitative estimate of drug-likeness (QED) is 0.422. The van der Waals surface area contributed by atoms with Crippen LogP contribution in [0.5, 0.6) is 0 Å². The van der Waals surface area contributed by atoms with Crippen molar-refractivity contribution in [3.63, 3.8) is 0 Å². The average molecular weight is 593 g/mol. The lowest BCUT2D eigenvalue weighted by molar-refractivity contribution is -0.142. The van der Waals surface area contributed by atoms with Gasteiger partial charge in [-0.2, -0.15) is 26.3 Å². The Hall–Kier alpha value is -2.97. The molecular weight excluding hydrogens is 558 g/mol. The lowest BCUT2D eigenvalue weighted by Crippen LogP contribution is -2.47. The molecule has 0 unspecified atom stereocenters. The molecule has 41 heavy (non-hydrogen) atoms. The van der Waals surface area contributed by atoms with E-state index in [4.69, 9.17) is 4.74 Å². The molecule has 2 aromatic rings. The molecule has 4 rings (SSSR count). The molecule has 2 fully saturated rings. The number of pyridine rings is 2. The van der Waals surface area contributed by atoms with E-state index in [1.54, 1.807) is 20.8 Å². The van der Waals surface area contributed by atoms with Gasteiger partial charge in [0, 0.05) is 13.1 Å². The fraction of sp³-hybridized carbons (Fsp3) is 0.593. The van der Waals surface area contributed by atoms with E-state index in [2.05, 4.69) is 15.3 Å². The van der Waals surface area contributed by atoms with Gasteiger partial charge in [-0.3, -0.25) is 0 Å². The monoisotopic (exact) mass is 592 g/mol. The zero-order valence-corrected chi connectivity index (χ0v) is 22.9. The van der Waals surface area contributed by atoms with Gasteiger partial charge in [-0.15, -0.1) is 0 Å². The summed E-state index contributed by atoms with van der Waals surface area (Å²) in [5.74, 6) is 0. The molecule has 228 valence electrons. The molecule has 2 aliphatic rings. The van der Waals surface area contributed by atoms with E-state index in [0.29, 0.717) is 25.9 Å². The van der Waals surface area contributed by atoms with E-state index < -0.39 is 46.6 Å². The van der Waals surface area contributed by atoms with E-state index in [-0.39, 0.29) is 37.3 Å². The third-order valence-corrected chi connectivity index (χ3v) is 6.71. The van der Waals surface area contributed by atoms with Gasteiger partial charge >= 0.3 is 18.4 Å². The first-order valence-corrected chi connectivity index (χ1v) is 13.1. The van der Waals surface area contributed by atoms with Crippen molar-refractivity contribution in [3.05, 3.63) is 59.2 Å². The molecule has 8 nitrogen and oxygen atoms in total. The van der Waals surface area contributed by atoms with E-state index in [0.717, 1.165) is 12.1 Å². The van der Waals surface area contributed by atoms with Crippen molar-refractivity contribution in [1.29, 1.82) is 0 Å². The zero-order chi connectivity index (χ0) is 30.7. The highest BCUT2D eigenvalue weighted by Gasteiger charge is 2.40. The number of halogens is 6. The number of aliphatic hydroxyl groups is 2. The van der Waals surface area contributed by atoms with Gasteiger partial charge in [0.25, 0.3) is 0 Å². The SMILES string of the molecule is CC(C)(C)OC(=O)N1CCC(O)(c2cccc(C(F)(F)F)n2)CC1.OC1(c2cccc(C(F)(F)F)n2)CCNCC1. The Morgan fingerprint density at radius 2 is 1.22 bits per heavy atom. The zero-order valence-electron chi connectivity index (χ0n) is 22.9. The fourth-order valence-electron chi connectivity index (χ4n) is 4.44. The highest BCUT2D eigenvalue weighted by molar-refractivity contribution is 5.68. The van der Waals surface area contributed by atoms with Crippen LogP contribution in [0.2, 0.25) is 0 Å². The smallest absolute Gasteiger partial charge is 0.433 e. The number of aromatic nitrogens is 2. The number of alkyl halides is 6. The van der Waals surface area contributed by atoms with E-state index >= 15 is 0 Å². The second kappa shape index (κ2) is 12.1. The summed E-state index contributed by atoms with van der Waals surface area (Å²) >= 11 is 0. The number of nitrogens with one attached hydrogen (secondary N) is 1. The second-order valence-corrected chi connectivity index (χ2v) is 11.1. The number of nitrogens with zero attached hydrogens (tertiary/aromatic N) is 3. The molecular formula is C27H34F6N4O4. The molecule has 4 heterocycles. The highest BCUT2D eigenvalue weighted by Crippen LogP contribution is 2.35. The Labute approximate surface area is 233 Å². The van der Waals surface area contributed by atoms with Crippen LogP contribution in [0.1, 0.15) is 69.2 Å². The van der Waals surface area contributed by atoms with Crippen molar-refractivity contribution < 1.29 is 46.1 Å². The summed E-state index contributed by atoms with van der Waals surface area (Å²) in [6.07, 6.45) is -8.59. The van der Waals surface area contributed by atoms with Crippen LogP contribution in [-0.4, -0.2) is 63.0 Å². The first-order valence-electron chi connectivity index (χ1n) is 13.1. The molecule has 0 bridgehead atoms. The van der Waals surface area contributed by atoms with Crippen molar-refractivity contribution in [2.75, 3.05) is 26.2 Å². The van der Waals surface area contributed by atoms with Crippen molar-refractivity contribution in [3.8, 4) is 0 Å². The lowest BCUT2D eigenvalue weighted by atomic mass is 9.88.